The van der Waals surface area contributed by atoms with Crippen molar-refractivity contribution in [1.29, 1.82) is 0 Å². The predicted octanol–water partition coefficient (Wildman–Crippen LogP) is 4.95. The average Bonchev–Trinajstić information content (AvgIpc) is 3.10. The normalized spacial score (nSPS) is 11.2. The number of nitrogens with zero attached hydrogens (tertiary/aromatic N) is 1. The highest BCUT2D eigenvalue weighted by Gasteiger charge is 2.25. The Morgan fingerprint density at radius 2 is 1.41 bits per heavy atom. The topological polar surface area (TPSA) is 70.8 Å². The minimum absolute atomic E-state index is 0.0226. The van der Waals surface area contributed by atoms with Crippen LogP contribution in [0, 0.1) is 0 Å². The van der Waals surface area contributed by atoms with E-state index in [2.05, 4.69) is 5.16 Å². The highest BCUT2D eigenvalue weighted by Crippen LogP contribution is 2.36. The predicted molar refractivity (Wildman–Crippen MR) is 114 cm³/mol. The van der Waals surface area contributed by atoms with Crippen molar-refractivity contribution in [3.8, 4) is 33.9 Å². The molecule has 0 atom stereocenters. The molecular weight excluding hydrogens is 386 g/mol. The number of ether oxygens (including phenoxy) is 2. The molecule has 0 aliphatic heterocycles. The van der Waals surface area contributed by atoms with Crippen LogP contribution in [-0.4, -0.2) is 33.7 Å². The van der Waals surface area contributed by atoms with E-state index in [-0.39, 0.29) is 12.4 Å². The van der Waals surface area contributed by atoms with E-state index in [1.165, 1.54) is 0 Å². The highest BCUT2D eigenvalue weighted by molar-refractivity contribution is 6.71. The van der Waals surface area contributed by atoms with E-state index in [1.807, 2.05) is 68.2 Å². The van der Waals surface area contributed by atoms with E-state index in [1.54, 1.807) is 14.2 Å². The molecule has 0 fully saturated rings. The molecule has 7 heteroatoms. The Morgan fingerprint density at radius 1 is 0.897 bits per heavy atom. The zero-order valence-electron chi connectivity index (χ0n) is 17.3. The zero-order valence-corrected chi connectivity index (χ0v) is 18.3. The highest BCUT2D eigenvalue weighted by atomic mass is 28.4. The minimum Gasteiger partial charge on any atom is -0.520 e. The fourth-order valence-electron chi connectivity index (χ4n) is 2.95. The van der Waals surface area contributed by atoms with Crippen molar-refractivity contribution in [2.75, 3.05) is 14.2 Å². The largest absolute Gasteiger partial charge is 0.520 e. The third-order valence-electron chi connectivity index (χ3n) is 4.23. The molecule has 29 heavy (non-hydrogen) atoms. The Hall–Kier alpha value is -3.06. The van der Waals surface area contributed by atoms with Crippen LogP contribution in [0.1, 0.15) is 5.76 Å². The van der Waals surface area contributed by atoms with Crippen molar-refractivity contribution < 1.29 is 23.2 Å². The Labute approximate surface area is 171 Å². The lowest BCUT2D eigenvalue weighted by Crippen LogP contribution is -2.30. The maximum absolute atomic E-state index is 12.4. The van der Waals surface area contributed by atoms with Gasteiger partial charge >= 0.3 is 0 Å². The van der Waals surface area contributed by atoms with Crippen LogP contribution in [0.2, 0.25) is 19.6 Å². The second-order valence-electron chi connectivity index (χ2n) is 7.55. The van der Waals surface area contributed by atoms with Crippen molar-refractivity contribution >= 4 is 14.3 Å². The lowest BCUT2D eigenvalue weighted by atomic mass is 9.98. The fraction of sp³-hybridized carbons (Fsp3) is 0.273. The second-order valence-corrected chi connectivity index (χ2v) is 12.0. The Balaban J connectivity index is 2.03. The average molecular weight is 412 g/mol. The van der Waals surface area contributed by atoms with E-state index in [4.69, 9.17) is 18.4 Å². The molecule has 2 aromatic carbocycles. The van der Waals surface area contributed by atoms with Crippen LogP contribution in [-0.2, 0) is 15.6 Å². The Bertz CT molecular complexity index is 972. The van der Waals surface area contributed by atoms with Crippen molar-refractivity contribution in [1.82, 2.24) is 5.16 Å². The number of rotatable bonds is 7. The van der Waals surface area contributed by atoms with Crippen LogP contribution in [0.5, 0.6) is 11.5 Å². The quantitative estimate of drug-likeness (QED) is 0.513. The smallest absolute Gasteiger partial charge is 0.300 e. The number of carbonyl (C=O) groups is 1. The van der Waals surface area contributed by atoms with Crippen molar-refractivity contribution in [3.05, 3.63) is 54.3 Å². The summed E-state index contributed by atoms with van der Waals surface area (Å²) in [6.07, 6.45) is 0.0226. The molecule has 1 heterocycles. The fourth-order valence-corrected chi connectivity index (χ4v) is 3.71. The molecular formula is C22H25NO5Si. The van der Waals surface area contributed by atoms with Gasteiger partial charge in [0.2, 0.25) is 8.32 Å². The van der Waals surface area contributed by atoms with Gasteiger partial charge in [-0.2, -0.15) is 0 Å². The van der Waals surface area contributed by atoms with E-state index in [0.29, 0.717) is 11.5 Å². The summed E-state index contributed by atoms with van der Waals surface area (Å²) in [5, 5.41) is 4.27. The first-order chi connectivity index (χ1) is 13.8. The third-order valence-corrected chi connectivity index (χ3v) is 5.07. The van der Waals surface area contributed by atoms with Gasteiger partial charge in [0.1, 0.15) is 23.6 Å². The molecule has 152 valence electrons. The second kappa shape index (κ2) is 8.53. The third kappa shape index (κ3) is 5.06. The molecule has 0 N–H and O–H groups in total. The summed E-state index contributed by atoms with van der Waals surface area (Å²) in [6, 6.07) is 15.1. The van der Waals surface area contributed by atoms with E-state index in [9.17, 15) is 4.79 Å². The molecule has 3 aromatic rings. The van der Waals surface area contributed by atoms with Gasteiger partial charge in [-0.25, -0.2) is 0 Å². The number of benzene rings is 2. The van der Waals surface area contributed by atoms with Crippen LogP contribution in [0.15, 0.2) is 53.1 Å². The molecule has 0 saturated carbocycles. The molecule has 0 radical (unpaired) electrons. The number of aromatic nitrogens is 1. The van der Waals surface area contributed by atoms with Gasteiger partial charge in [-0.15, -0.1) is 0 Å². The maximum Gasteiger partial charge on any atom is 0.300 e. The van der Waals surface area contributed by atoms with Gasteiger partial charge in [0.05, 0.1) is 19.8 Å². The zero-order chi connectivity index (χ0) is 21.0. The van der Waals surface area contributed by atoms with E-state index in [0.717, 1.165) is 28.2 Å². The summed E-state index contributed by atoms with van der Waals surface area (Å²) < 4.78 is 21.7. The standard InChI is InChI=1S/C22H25NO5Si/c1-25-17-10-6-15(7-11-17)21-19(14-20(24)28-29(3,4)5)27-23-22(21)16-8-12-18(26-2)13-9-16/h6-13H,14H2,1-5H3. The lowest BCUT2D eigenvalue weighted by Gasteiger charge is -2.16. The number of methoxy groups -OCH3 is 2. The van der Waals surface area contributed by atoms with Gasteiger partial charge in [-0.3, -0.25) is 4.79 Å². The first kappa shape index (κ1) is 20.7. The summed E-state index contributed by atoms with van der Waals surface area (Å²) in [6.45, 7) is 5.91. The van der Waals surface area contributed by atoms with Gasteiger partial charge < -0.3 is 18.4 Å². The first-order valence-electron chi connectivity index (χ1n) is 9.30. The molecule has 0 aliphatic rings. The van der Waals surface area contributed by atoms with Crippen LogP contribution >= 0.6 is 0 Å². The van der Waals surface area contributed by atoms with Crippen LogP contribution in [0.3, 0.4) is 0 Å². The van der Waals surface area contributed by atoms with E-state index >= 15 is 0 Å². The van der Waals surface area contributed by atoms with Crippen molar-refractivity contribution in [2.24, 2.45) is 0 Å². The minimum atomic E-state index is -1.99. The van der Waals surface area contributed by atoms with Crippen LogP contribution in [0.25, 0.3) is 22.4 Å². The summed E-state index contributed by atoms with van der Waals surface area (Å²) in [5.41, 5.74) is 3.18. The SMILES string of the molecule is COc1ccc(-c2noc(CC(=O)O[Si](C)(C)C)c2-c2ccc(OC)cc2)cc1. The van der Waals surface area contributed by atoms with Gasteiger partial charge in [0, 0.05) is 5.56 Å². The molecule has 0 saturated heterocycles. The van der Waals surface area contributed by atoms with Gasteiger partial charge in [0.15, 0.2) is 5.76 Å². The van der Waals surface area contributed by atoms with E-state index < -0.39 is 8.32 Å². The van der Waals surface area contributed by atoms with Crippen LogP contribution in [0.4, 0.5) is 0 Å². The summed E-state index contributed by atoms with van der Waals surface area (Å²) >= 11 is 0. The molecule has 0 amide bonds. The molecule has 1 aromatic heterocycles. The van der Waals surface area contributed by atoms with Gasteiger partial charge in [0.25, 0.3) is 5.97 Å². The van der Waals surface area contributed by atoms with Gasteiger partial charge in [-0.05, 0) is 61.6 Å². The summed E-state index contributed by atoms with van der Waals surface area (Å²) in [5.74, 6) is 1.67. The summed E-state index contributed by atoms with van der Waals surface area (Å²) in [7, 11) is 1.25. The molecule has 3 rings (SSSR count). The van der Waals surface area contributed by atoms with Crippen molar-refractivity contribution in [2.45, 2.75) is 26.1 Å². The number of hydrogen-bond acceptors (Lipinski definition) is 6. The number of hydrogen-bond donors (Lipinski definition) is 0. The first-order valence-corrected chi connectivity index (χ1v) is 12.7. The molecule has 0 spiro atoms. The molecule has 0 bridgehead atoms. The maximum atomic E-state index is 12.4. The lowest BCUT2D eigenvalue weighted by molar-refractivity contribution is -0.134. The van der Waals surface area contributed by atoms with Crippen molar-refractivity contribution in [3.63, 3.8) is 0 Å². The number of carbonyl (C=O) groups excluding carboxylic acids is 1. The molecule has 0 aliphatic carbocycles. The van der Waals surface area contributed by atoms with Gasteiger partial charge in [-0.1, -0.05) is 17.3 Å². The monoisotopic (exact) mass is 411 g/mol. The van der Waals surface area contributed by atoms with Crippen LogP contribution < -0.4 is 9.47 Å². The Morgan fingerprint density at radius 3 is 1.90 bits per heavy atom. The molecule has 0 unspecified atom stereocenters. The Kier molecular flexibility index (Phi) is 6.08. The molecule has 6 nitrogen and oxygen atoms in total. The summed E-state index contributed by atoms with van der Waals surface area (Å²) in [4.78, 5) is 12.4.